The Bertz CT molecular complexity index is 1250. The molecule has 1 unspecified atom stereocenters. The Morgan fingerprint density at radius 2 is 1.84 bits per heavy atom. The van der Waals surface area contributed by atoms with Gasteiger partial charge in [0.15, 0.2) is 0 Å². The number of nitrogens with zero attached hydrogens (tertiary/aromatic N) is 2. The number of pyridine rings is 1. The van der Waals surface area contributed by atoms with Crippen molar-refractivity contribution in [3.05, 3.63) is 100 Å². The molecule has 1 N–H and O–H groups in total. The molecule has 4 nitrogen and oxygen atoms in total. The van der Waals surface area contributed by atoms with Gasteiger partial charge in [0, 0.05) is 47.6 Å². The summed E-state index contributed by atoms with van der Waals surface area (Å²) in [5.74, 6) is 0.108. The minimum atomic E-state index is -0.557. The Balaban J connectivity index is 1.59. The van der Waals surface area contributed by atoms with Gasteiger partial charge in [-0.05, 0) is 72.4 Å². The van der Waals surface area contributed by atoms with Crippen molar-refractivity contribution in [3.8, 4) is 0 Å². The van der Waals surface area contributed by atoms with Gasteiger partial charge < -0.3 is 9.88 Å². The van der Waals surface area contributed by atoms with Gasteiger partial charge in [-0.2, -0.15) is 0 Å². The van der Waals surface area contributed by atoms with E-state index in [-0.39, 0.29) is 5.91 Å². The molecular formula is C26H24ClN3O. The van der Waals surface area contributed by atoms with Crippen molar-refractivity contribution >= 4 is 28.4 Å². The van der Waals surface area contributed by atoms with E-state index in [2.05, 4.69) is 58.3 Å². The third kappa shape index (κ3) is 3.61. The first-order valence-corrected chi connectivity index (χ1v) is 10.9. The number of hydrogen-bond donors (Lipinski definition) is 1. The highest BCUT2D eigenvalue weighted by molar-refractivity contribution is 6.30. The molecule has 156 valence electrons. The molecular weight excluding hydrogens is 406 g/mol. The molecule has 5 heteroatoms. The fourth-order valence-electron chi connectivity index (χ4n) is 4.76. The smallest absolute Gasteiger partial charge is 0.231 e. The molecule has 0 saturated carbocycles. The first-order chi connectivity index (χ1) is 15.0. The Labute approximate surface area is 186 Å². The number of aromatic nitrogens is 2. The van der Waals surface area contributed by atoms with Crippen LogP contribution in [0.25, 0.3) is 10.9 Å². The number of aryl methyl sites for hydroxylation is 1. The molecule has 31 heavy (non-hydrogen) atoms. The lowest BCUT2D eigenvalue weighted by molar-refractivity contribution is -0.124. The van der Waals surface area contributed by atoms with Crippen molar-refractivity contribution in [1.82, 2.24) is 14.9 Å². The van der Waals surface area contributed by atoms with Crippen LogP contribution in [0.1, 0.15) is 28.7 Å². The average molecular weight is 430 g/mol. The number of halogens is 1. The van der Waals surface area contributed by atoms with E-state index in [4.69, 9.17) is 11.6 Å². The fourth-order valence-corrected chi connectivity index (χ4v) is 4.88. The van der Waals surface area contributed by atoms with Crippen LogP contribution >= 0.6 is 11.6 Å². The van der Waals surface area contributed by atoms with E-state index < -0.39 is 5.41 Å². The first kappa shape index (κ1) is 19.8. The Morgan fingerprint density at radius 1 is 1.06 bits per heavy atom. The number of carbonyl (C=O) groups is 1. The summed E-state index contributed by atoms with van der Waals surface area (Å²) in [6.45, 7) is 3.59. The van der Waals surface area contributed by atoms with Crippen LogP contribution in [-0.4, -0.2) is 22.0 Å². The molecule has 1 amide bonds. The van der Waals surface area contributed by atoms with Crippen molar-refractivity contribution in [2.75, 3.05) is 6.54 Å². The maximum atomic E-state index is 13.1. The second-order valence-corrected chi connectivity index (χ2v) is 8.86. The summed E-state index contributed by atoms with van der Waals surface area (Å²) in [4.78, 5) is 17.2. The van der Waals surface area contributed by atoms with Crippen LogP contribution < -0.4 is 5.32 Å². The molecule has 1 fully saturated rings. The summed E-state index contributed by atoms with van der Waals surface area (Å²) >= 11 is 6.05. The topological polar surface area (TPSA) is 46.9 Å². The Hall–Kier alpha value is -3.11. The van der Waals surface area contributed by atoms with Crippen molar-refractivity contribution in [2.24, 2.45) is 0 Å². The predicted molar refractivity (Wildman–Crippen MR) is 124 cm³/mol. The van der Waals surface area contributed by atoms with Gasteiger partial charge in [0.1, 0.15) is 0 Å². The maximum absolute atomic E-state index is 13.1. The Kier molecular flexibility index (Phi) is 5.03. The summed E-state index contributed by atoms with van der Waals surface area (Å²) in [7, 11) is 0. The molecule has 3 heterocycles. The number of nitrogens with one attached hydrogen (secondary N) is 1. The molecule has 0 spiro atoms. The van der Waals surface area contributed by atoms with E-state index in [1.54, 1.807) is 12.4 Å². The van der Waals surface area contributed by atoms with Crippen molar-refractivity contribution in [2.45, 2.75) is 31.7 Å². The zero-order valence-corrected chi connectivity index (χ0v) is 18.2. The van der Waals surface area contributed by atoms with Crippen LogP contribution in [0.4, 0.5) is 0 Å². The highest BCUT2D eigenvalue weighted by atomic mass is 35.5. The average Bonchev–Trinajstić information content (AvgIpc) is 3.30. The normalized spacial score (nSPS) is 18.5. The van der Waals surface area contributed by atoms with Gasteiger partial charge in [0.25, 0.3) is 0 Å². The Morgan fingerprint density at radius 3 is 2.55 bits per heavy atom. The van der Waals surface area contributed by atoms with Gasteiger partial charge in [-0.3, -0.25) is 9.78 Å². The van der Waals surface area contributed by atoms with Crippen LogP contribution in [0.15, 0.2) is 73.2 Å². The second kappa shape index (κ2) is 7.86. The fraction of sp³-hybridized carbons (Fsp3) is 0.231. The SMILES string of the molecule is Cc1cn(Cc2ccc(Cl)cc2)c2cc(C3(Cc4ccncc4)CCNC3=O)ccc12. The summed E-state index contributed by atoms with van der Waals surface area (Å²) < 4.78 is 2.27. The lowest BCUT2D eigenvalue weighted by Gasteiger charge is -2.27. The van der Waals surface area contributed by atoms with Gasteiger partial charge in [-0.15, -0.1) is 0 Å². The highest BCUT2D eigenvalue weighted by Gasteiger charge is 2.44. The lowest BCUT2D eigenvalue weighted by Crippen LogP contribution is -2.37. The zero-order valence-electron chi connectivity index (χ0n) is 17.4. The standard InChI is InChI=1S/C26H24ClN3O/c1-18-16-30(17-20-2-5-22(27)6-3-20)24-14-21(4-7-23(18)24)26(10-13-29-25(26)31)15-19-8-11-28-12-9-19/h2-9,11-12,14,16H,10,13,15,17H2,1H3,(H,29,31). The summed E-state index contributed by atoms with van der Waals surface area (Å²) in [5, 5.41) is 5.03. The summed E-state index contributed by atoms with van der Waals surface area (Å²) in [6.07, 6.45) is 7.23. The first-order valence-electron chi connectivity index (χ1n) is 10.6. The van der Waals surface area contributed by atoms with Crippen LogP contribution in [0.3, 0.4) is 0 Å². The van der Waals surface area contributed by atoms with Crippen molar-refractivity contribution < 1.29 is 4.79 Å². The monoisotopic (exact) mass is 429 g/mol. The number of benzene rings is 2. The lowest BCUT2D eigenvalue weighted by atomic mass is 9.74. The molecule has 1 aliphatic heterocycles. The van der Waals surface area contributed by atoms with Gasteiger partial charge in [-0.1, -0.05) is 35.9 Å². The molecule has 1 atom stereocenters. The van der Waals surface area contributed by atoms with Gasteiger partial charge in [-0.25, -0.2) is 0 Å². The van der Waals surface area contributed by atoms with Crippen LogP contribution in [0.5, 0.6) is 0 Å². The highest BCUT2D eigenvalue weighted by Crippen LogP contribution is 2.37. The minimum Gasteiger partial charge on any atom is -0.355 e. The second-order valence-electron chi connectivity index (χ2n) is 8.42. The van der Waals surface area contributed by atoms with Crippen LogP contribution in [0, 0.1) is 6.92 Å². The van der Waals surface area contributed by atoms with Gasteiger partial charge in [0.05, 0.1) is 5.41 Å². The largest absolute Gasteiger partial charge is 0.355 e. The van der Waals surface area contributed by atoms with Gasteiger partial charge >= 0.3 is 0 Å². The maximum Gasteiger partial charge on any atom is 0.231 e. The molecule has 5 rings (SSSR count). The molecule has 0 bridgehead atoms. The van der Waals surface area contributed by atoms with Crippen molar-refractivity contribution in [3.63, 3.8) is 0 Å². The van der Waals surface area contributed by atoms with E-state index in [0.717, 1.165) is 34.6 Å². The van der Waals surface area contributed by atoms with E-state index >= 15 is 0 Å². The number of carbonyl (C=O) groups excluding carboxylic acids is 1. The van der Waals surface area contributed by atoms with E-state index in [0.29, 0.717) is 13.0 Å². The predicted octanol–water partition coefficient (Wildman–Crippen LogP) is 5.05. The molecule has 0 radical (unpaired) electrons. The summed E-state index contributed by atoms with van der Waals surface area (Å²) in [5.41, 5.74) is 5.21. The number of rotatable bonds is 5. The number of amides is 1. The number of fused-ring (bicyclic) bond motifs is 1. The molecule has 1 saturated heterocycles. The quantitative estimate of drug-likeness (QED) is 0.482. The van der Waals surface area contributed by atoms with Crippen molar-refractivity contribution in [1.29, 1.82) is 0 Å². The van der Waals surface area contributed by atoms with Gasteiger partial charge in [0.2, 0.25) is 5.91 Å². The third-order valence-corrected chi connectivity index (χ3v) is 6.68. The molecule has 1 aliphatic rings. The molecule has 0 aliphatic carbocycles. The zero-order chi connectivity index (χ0) is 21.4. The van der Waals surface area contributed by atoms with Crippen LogP contribution in [-0.2, 0) is 23.2 Å². The van der Waals surface area contributed by atoms with E-state index in [1.807, 2.05) is 24.3 Å². The third-order valence-electron chi connectivity index (χ3n) is 6.43. The minimum absolute atomic E-state index is 0.108. The molecule has 2 aromatic carbocycles. The number of hydrogen-bond acceptors (Lipinski definition) is 2. The summed E-state index contributed by atoms with van der Waals surface area (Å²) in [6, 6.07) is 18.5. The molecule has 4 aromatic rings. The van der Waals surface area contributed by atoms with Crippen LogP contribution in [0.2, 0.25) is 5.02 Å². The van der Waals surface area contributed by atoms with E-state index in [1.165, 1.54) is 16.5 Å². The van der Waals surface area contributed by atoms with E-state index in [9.17, 15) is 4.79 Å². The molecule has 2 aromatic heterocycles.